The molecule has 0 amide bonds. The lowest BCUT2D eigenvalue weighted by molar-refractivity contribution is 0.478. The van der Waals surface area contributed by atoms with Crippen LogP contribution in [0.5, 0.6) is 0 Å². The maximum Gasteiger partial charge on any atom is 0.244 e. The number of aromatic nitrogens is 2. The van der Waals surface area contributed by atoms with Crippen molar-refractivity contribution >= 4 is 10.0 Å². The average molecular weight is 298 g/mol. The van der Waals surface area contributed by atoms with Gasteiger partial charge in [-0.05, 0) is 13.3 Å². The highest BCUT2D eigenvalue weighted by molar-refractivity contribution is 7.89. The molecule has 2 aromatic heterocycles. The third kappa shape index (κ3) is 3.47. The van der Waals surface area contributed by atoms with E-state index in [1.165, 1.54) is 6.07 Å². The van der Waals surface area contributed by atoms with Gasteiger partial charge in [-0.25, -0.2) is 18.1 Å². The maximum absolute atomic E-state index is 12.1. The zero-order valence-corrected chi connectivity index (χ0v) is 12.0. The lowest BCUT2D eigenvalue weighted by Crippen LogP contribution is -2.25. The Hall–Kier alpha value is -1.64. The minimum atomic E-state index is -3.55. The molecule has 8 heteroatoms. The number of H-pyrrole nitrogens is 1. The van der Waals surface area contributed by atoms with E-state index in [-0.39, 0.29) is 11.4 Å². The molecule has 7 nitrogen and oxygen atoms in total. The molecule has 0 saturated carbocycles. The number of aromatic amines is 1. The highest BCUT2D eigenvalue weighted by Gasteiger charge is 2.20. The van der Waals surface area contributed by atoms with E-state index in [9.17, 15) is 8.42 Å². The van der Waals surface area contributed by atoms with Crippen LogP contribution in [-0.2, 0) is 23.0 Å². The Labute approximate surface area is 117 Å². The van der Waals surface area contributed by atoms with Crippen LogP contribution < -0.4 is 10.5 Å². The molecule has 0 unspecified atom stereocenters. The second-order valence-corrected chi connectivity index (χ2v) is 6.11. The van der Waals surface area contributed by atoms with Crippen molar-refractivity contribution in [3.8, 4) is 0 Å². The van der Waals surface area contributed by atoms with E-state index in [4.69, 9.17) is 10.2 Å². The molecule has 2 aromatic rings. The van der Waals surface area contributed by atoms with Gasteiger partial charge in [0.15, 0.2) is 0 Å². The van der Waals surface area contributed by atoms with Crippen molar-refractivity contribution in [3.05, 3.63) is 35.8 Å². The minimum absolute atomic E-state index is 0.149. The lowest BCUT2D eigenvalue weighted by atomic mass is 10.3. The van der Waals surface area contributed by atoms with E-state index in [0.717, 1.165) is 5.82 Å². The molecule has 0 aromatic carbocycles. The summed E-state index contributed by atoms with van der Waals surface area (Å²) in [5, 5.41) is 0. The van der Waals surface area contributed by atoms with Gasteiger partial charge in [0.25, 0.3) is 0 Å². The van der Waals surface area contributed by atoms with E-state index in [2.05, 4.69) is 14.7 Å². The number of hydrogen-bond donors (Lipinski definition) is 3. The van der Waals surface area contributed by atoms with Crippen molar-refractivity contribution in [2.75, 3.05) is 6.54 Å². The summed E-state index contributed by atoms with van der Waals surface area (Å²) in [5.74, 6) is 1.65. The van der Waals surface area contributed by atoms with Gasteiger partial charge in [-0.2, -0.15) is 0 Å². The summed E-state index contributed by atoms with van der Waals surface area (Å²) in [7, 11) is -3.55. The average Bonchev–Trinajstić information content (AvgIpc) is 3.04. The molecule has 0 radical (unpaired) electrons. The first kappa shape index (κ1) is 14.8. The van der Waals surface area contributed by atoms with E-state index in [1.54, 1.807) is 19.3 Å². The SMILES string of the molecule is Cc1oc(CN)cc1S(=O)(=O)NCCCc1ncc[nH]1. The standard InChI is InChI=1S/C12H18N4O3S/c1-9-11(7-10(8-13)19-9)20(17,18)16-4-2-3-12-14-5-6-15-12/h5-7,16H,2-4,8,13H2,1H3,(H,14,15). The second-order valence-electron chi connectivity index (χ2n) is 4.37. The maximum atomic E-state index is 12.1. The zero-order chi connectivity index (χ0) is 14.6. The Bertz CT molecular complexity index is 646. The predicted molar refractivity (Wildman–Crippen MR) is 73.4 cm³/mol. The Kier molecular flexibility index (Phi) is 4.58. The van der Waals surface area contributed by atoms with E-state index >= 15 is 0 Å². The summed E-state index contributed by atoms with van der Waals surface area (Å²) in [4.78, 5) is 7.19. The quantitative estimate of drug-likeness (QED) is 0.650. The molecule has 0 atom stereocenters. The summed E-state index contributed by atoms with van der Waals surface area (Å²) in [6, 6.07) is 1.46. The van der Waals surface area contributed by atoms with Gasteiger partial charge in [0, 0.05) is 31.4 Å². The molecule has 0 aliphatic heterocycles. The number of aryl methyl sites for hydroxylation is 2. The smallest absolute Gasteiger partial charge is 0.244 e. The van der Waals surface area contributed by atoms with Crippen LogP contribution in [0.4, 0.5) is 0 Å². The van der Waals surface area contributed by atoms with Gasteiger partial charge in [-0.3, -0.25) is 0 Å². The van der Waals surface area contributed by atoms with Crippen molar-refractivity contribution < 1.29 is 12.8 Å². The number of hydrogen-bond acceptors (Lipinski definition) is 5. The normalized spacial score (nSPS) is 11.9. The van der Waals surface area contributed by atoms with Gasteiger partial charge >= 0.3 is 0 Å². The van der Waals surface area contributed by atoms with E-state index in [0.29, 0.717) is 30.9 Å². The van der Waals surface area contributed by atoms with Gasteiger partial charge in [0.1, 0.15) is 22.2 Å². The fourth-order valence-corrected chi connectivity index (χ4v) is 3.14. The first-order valence-corrected chi connectivity index (χ1v) is 7.78. The Morgan fingerprint density at radius 1 is 1.50 bits per heavy atom. The fourth-order valence-electron chi connectivity index (χ4n) is 1.87. The van der Waals surface area contributed by atoms with Gasteiger partial charge in [-0.15, -0.1) is 0 Å². The van der Waals surface area contributed by atoms with Gasteiger partial charge in [0.2, 0.25) is 10.0 Å². The van der Waals surface area contributed by atoms with Gasteiger partial charge < -0.3 is 15.1 Å². The largest absolute Gasteiger partial charge is 0.464 e. The zero-order valence-electron chi connectivity index (χ0n) is 11.2. The fraction of sp³-hybridized carbons (Fsp3) is 0.417. The highest BCUT2D eigenvalue weighted by atomic mass is 32.2. The van der Waals surface area contributed by atoms with Crippen molar-refractivity contribution in [2.24, 2.45) is 5.73 Å². The summed E-state index contributed by atoms with van der Waals surface area (Å²) in [6.07, 6.45) is 4.76. The number of imidazole rings is 1. The highest BCUT2D eigenvalue weighted by Crippen LogP contribution is 2.19. The monoisotopic (exact) mass is 298 g/mol. The lowest BCUT2D eigenvalue weighted by Gasteiger charge is -2.04. The number of furan rings is 1. The van der Waals surface area contributed by atoms with Crippen LogP contribution in [0.15, 0.2) is 27.8 Å². The molecule has 4 N–H and O–H groups in total. The first-order valence-electron chi connectivity index (χ1n) is 6.30. The third-order valence-electron chi connectivity index (χ3n) is 2.85. The number of nitrogens with zero attached hydrogens (tertiary/aromatic N) is 1. The van der Waals surface area contributed by atoms with Crippen molar-refractivity contribution in [1.82, 2.24) is 14.7 Å². The van der Waals surface area contributed by atoms with Crippen molar-refractivity contribution in [2.45, 2.75) is 31.2 Å². The molecule has 0 fully saturated rings. The van der Waals surface area contributed by atoms with Crippen LogP contribution in [0, 0.1) is 6.92 Å². The molecule has 0 saturated heterocycles. The molecule has 0 bridgehead atoms. The Morgan fingerprint density at radius 2 is 2.30 bits per heavy atom. The molecule has 2 rings (SSSR count). The van der Waals surface area contributed by atoms with Crippen LogP contribution in [-0.4, -0.2) is 24.9 Å². The second kappa shape index (κ2) is 6.21. The minimum Gasteiger partial charge on any atom is -0.464 e. The summed E-state index contributed by atoms with van der Waals surface area (Å²) < 4.78 is 32.0. The Morgan fingerprint density at radius 3 is 2.90 bits per heavy atom. The molecule has 110 valence electrons. The van der Waals surface area contributed by atoms with Gasteiger partial charge in [0.05, 0.1) is 6.54 Å². The van der Waals surface area contributed by atoms with E-state index in [1.807, 2.05) is 0 Å². The third-order valence-corrected chi connectivity index (χ3v) is 4.42. The molecule has 0 spiro atoms. The van der Waals surface area contributed by atoms with E-state index < -0.39 is 10.0 Å². The van der Waals surface area contributed by atoms with Crippen LogP contribution in [0.3, 0.4) is 0 Å². The van der Waals surface area contributed by atoms with Crippen LogP contribution in [0.25, 0.3) is 0 Å². The number of nitrogens with one attached hydrogen (secondary N) is 2. The van der Waals surface area contributed by atoms with Crippen molar-refractivity contribution in [1.29, 1.82) is 0 Å². The first-order chi connectivity index (χ1) is 9.53. The number of rotatable bonds is 7. The predicted octanol–water partition coefficient (Wildman–Crippen LogP) is 0.681. The van der Waals surface area contributed by atoms with Crippen LogP contribution >= 0.6 is 0 Å². The molecule has 0 aliphatic rings. The summed E-state index contributed by atoms with van der Waals surface area (Å²) in [6.45, 7) is 2.12. The molecular formula is C12H18N4O3S. The van der Waals surface area contributed by atoms with Crippen LogP contribution in [0.2, 0.25) is 0 Å². The number of nitrogens with two attached hydrogens (primary N) is 1. The van der Waals surface area contributed by atoms with Gasteiger partial charge in [-0.1, -0.05) is 0 Å². The molecule has 0 aliphatic carbocycles. The number of sulfonamides is 1. The topological polar surface area (TPSA) is 114 Å². The Balaban J connectivity index is 1.91. The molecular weight excluding hydrogens is 280 g/mol. The van der Waals surface area contributed by atoms with Crippen molar-refractivity contribution in [3.63, 3.8) is 0 Å². The molecule has 20 heavy (non-hydrogen) atoms. The summed E-state index contributed by atoms with van der Waals surface area (Å²) in [5.41, 5.74) is 5.43. The summed E-state index contributed by atoms with van der Waals surface area (Å²) >= 11 is 0. The van der Waals surface area contributed by atoms with Crippen LogP contribution in [0.1, 0.15) is 23.8 Å². The molecule has 2 heterocycles.